The predicted octanol–water partition coefficient (Wildman–Crippen LogP) is 3.55. The molecule has 0 aliphatic heterocycles. The summed E-state index contributed by atoms with van der Waals surface area (Å²) < 4.78 is 5.12. The SMILES string of the molecule is C/C(=N\OCC(=O)OCCNC1CCCCC1)c1ccc(Cl)cc1. The van der Waals surface area contributed by atoms with Gasteiger partial charge < -0.3 is 14.9 Å². The molecule has 132 valence electrons. The number of benzene rings is 1. The molecule has 2 rings (SSSR count). The first-order valence-electron chi connectivity index (χ1n) is 8.46. The summed E-state index contributed by atoms with van der Waals surface area (Å²) in [6.45, 7) is 2.67. The Bertz CT molecular complexity index is 540. The zero-order valence-corrected chi connectivity index (χ0v) is 14.8. The van der Waals surface area contributed by atoms with E-state index in [1.165, 1.54) is 32.1 Å². The molecule has 5 nitrogen and oxygen atoms in total. The van der Waals surface area contributed by atoms with Crippen LogP contribution in [0.15, 0.2) is 29.4 Å². The zero-order chi connectivity index (χ0) is 17.2. The highest BCUT2D eigenvalue weighted by Gasteiger charge is 2.12. The summed E-state index contributed by atoms with van der Waals surface area (Å²) in [5.74, 6) is -0.409. The number of nitrogens with zero attached hydrogens (tertiary/aromatic N) is 1. The monoisotopic (exact) mass is 352 g/mol. The largest absolute Gasteiger partial charge is 0.462 e. The summed E-state index contributed by atoms with van der Waals surface area (Å²) >= 11 is 5.83. The third kappa shape index (κ3) is 6.89. The molecule has 6 heteroatoms. The molecule has 24 heavy (non-hydrogen) atoms. The number of esters is 1. The van der Waals surface area contributed by atoms with E-state index in [4.69, 9.17) is 21.2 Å². The fourth-order valence-electron chi connectivity index (χ4n) is 2.70. The molecule has 1 fully saturated rings. The van der Waals surface area contributed by atoms with Crippen LogP contribution in [-0.4, -0.2) is 37.5 Å². The maximum Gasteiger partial charge on any atom is 0.347 e. The zero-order valence-electron chi connectivity index (χ0n) is 14.1. The third-order valence-electron chi connectivity index (χ3n) is 4.05. The van der Waals surface area contributed by atoms with Crippen LogP contribution >= 0.6 is 11.6 Å². The van der Waals surface area contributed by atoms with Crippen molar-refractivity contribution in [3.05, 3.63) is 34.9 Å². The third-order valence-corrected chi connectivity index (χ3v) is 4.30. The Kier molecular flexibility index (Phi) is 8.05. The average molecular weight is 353 g/mol. The number of oxime groups is 1. The van der Waals surface area contributed by atoms with Gasteiger partial charge in [-0.3, -0.25) is 0 Å². The minimum absolute atomic E-state index is 0.186. The van der Waals surface area contributed by atoms with Crippen LogP contribution in [0.5, 0.6) is 0 Å². The van der Waals surface area contributed by atoms with Gasteiger partial charge >= 0.3 is 5.97 Å². The molecule has 1 aromatic carbocycles. The molecule has 0 bridgehead atoms. The number of hydrogen-bond donors (Lipinski definition) is 1. The van der Waals surface area contributed by atoms with Gasteiger partial charge in [0.2, 0.25) is 6.61 Å². The molecule has 1 aromatic rings. The number of halogens is 1. The second kappa shape index (κ2) is 10.3. The number of rotatable bonds is 8. The van der Waals surface area contributed by atoms with Gasteiger partial charge in [0.25, 0.3) is 0 Å². The van der Waals surface area contributed by atoms with Crippen molar-refractivity contribution < 1.29 is 14.4 Å². The molecule has 0 atom stereocenters. The summed E-state index contributed by atoms with van der Waals surface area (Å²) in [5, 5.41) is 8.01. The van der Waals surface area contributed by atoms with Crippen molar-refractivity contribution in [2.75, 3.05) is 19.8 Å². The molecule has 0 radical (unpaired) electrons. The van der Waals surface area contributed by atoms with Gasteiger partial charge in [-0.15, -0.1) is 0 Å². The van der Waals surface area contributed by atoms with Crippen molar-refractivity contribution in [1.29, 1.82) is 0 Å². The van der Waals surface area contributed by atoms with E-state index in [1.54, 1.807) is 12.1 Å². The Morgan fingerprint density at radius 3 is 2.67 bits per heavy atom. The molecular weight excluding hydrogens is 328 g/mol. The van der Waals surface area contributed by atoms with E-state index in [0.29, 0.717) is 29.9 Å². The maximum absolute atomic E-state index is 11.6. The van der Waals surface area contributed by atoms with Gasteiger partial charge in [-0.25, -0.2) is 4.79 Å². The Balaban J connectivity index is 1.58. The van der Waals surface area contributed by atoms with Crippen molar-refractivity contribution in [3.8, 4) is 0 Å². The van der Waals surface area contributed by atoms with Crippen LogP contribution in [0.3, 0.4) is 0 Å². The van der Waals surface area contributed by atoms with Crippen LogP contribution in [-0.2, 0) is 14.4 Å². The lowest BCUT2D eigenvalue weighted by Gasteiger charge is -2.22. The van der Waals surface area contributed by atoms with Gasteiger partial charge in [-0.2, -0.15) is 0 Å². The average Bonchev–Trinajstić information content (AvgIpc) is 2.60. The Morgan fingerprint density at radius 2 is 1.96 bits per heavy atom. The number of nitrogens with one attached hydrogen (secondary N) is 1. The lowest BCUT2D eigenvalue weighted by molar-refractivity contribution is -0.148. The second-order valence-corrected chi connectivity index (χ2v) is 6.40. The van der Waals surface area contributed by atoms with Gasteiger partial charge in [0.1, 0.15) is 6.61 Å². The van der Waals surface area contributed by atoms with E-state index in [9.17, 15) is 4.79 Å². The van der Waals surface area contributed by atoms with E-state index in [0.717, 1.165) is 5.56 Å². The summed E-state index contributed by atoms with van der Waals surface area (Å²) in [4.78, 5) is 16.6. The molecule has 0 aromatic heterocycles. The first-order chi connectivity index (χ1) is 11.6. The number of hydrogen-bond acceptors (Lipinski definition) is 5. The standard InChI is InChI=1S/C18H25ClN2O3/c1-14(15-7-9-16(19)10-8-15)21-24-13-18(22)23-12-11-20-17-5-3-2-4-6-17/h7-10,17,20H,2-6,11-13H2,1H3/b21-14+. The van der Waals surface area contributed by atoms with Crippen molar-refractivity contribution in [1.82, 2.24) is 5.32 Å². The van der Waals surface area contributed by atoms with Gasteiger partial charge in [-0.05, 0) is 37.5 Å². The molecule has 1 N–H and O–H groups in total. The number of ether oxygens (including phenoxy) is 1. The Hall–Kier alpha value is -1.59. The topological polar surface area (TPSA) is 59.9 Å². The van der Waals surface area contributed by atoms with Crippen LogP contribution in [0, 0.1) is 0 Å². The molecule has 0 heterocycles. The normalized spacial score (nSPS) is 16.0. The smallest absolute Gasteiger partial charge is 0.347 e. The summed E-state index contributed by atoms with van der Waals surface area (Å²) in [5.41, 5.74) is 1.57. The molecule has 0 unspecified atom stereocenters. The first kappa shape index (κ1) is 18.7. The van der Waals surface area contributed by atoms with Gasteiger partial charge in [-0.1, -0.05) is 48.2 Å². The van der Waals surface area contributed by atoms with E-state index in [1.807, 2.05) is 19.1 Å². The van der Waals surface area contributed by atoms with Crippen molar-refractivity contribution in [2.24, 2.45) is 5.16 Å². The van der Waals surface area contributed by atoms with E-state index < -0.39 is 5.97 Å². The van der Waals surface area contributed by atoms with Crippen LogP contribution in [0.4, 0.5) is 0 Å². The Labute approximate surface area is 148 Å². The molecule has 0 saturated heterocycles. The molecule has 0 spiro atoms. The fourth-order valence-corrected chi connectivity index (χ4v) is 2.83. The summed E-state index contributed by atoms with van der Waals surface area (Å²) in [7, 11) is 0. The highest BCUT2D eigenvalue weighted by atomic mass is 35.5. The summed E-state index contributed by atoms with van der Waals surface area (Å²) in [6, 6.07) is 7.83. The lowest BCUT2D eigenvalue weighted by Crippen LogP contribution is -2.34. The predicted molar refractivity (Wildman–Crippen MR) is 95.4 cm³/mol. The fraction of sp³-hybridized carbons (Fsp3) is 0.556. The first-order valence-corrected chi connectivity index (χ1v) is 8.84. The molecule has 0 amide bonds. The highest BCUT2D eigenvalue weighted by Crippen LogP contribution is 2.17. The van der Waals surface area contributed by atoms with Crippen LogP contribution in [0.1, 0.15) is 44.6 Å². The van der Waals surface area contributed by atoms with E-state index >= 15 is 0 Å². The van der Waals surface area contributed by atoms with Crippen molar-refractivity contribution in [3.63, 3.8) is 0 Å². The van der Waals surface area contributed by atoms with Crippen molar-refractivity contribution in [2.45, 2.75) is 45.1 Å². The maximum atomic E-state index is 11.6. The van der Waals surface area contributed by atoms with Crippen LogP contribution in [0.25, 0.3) is 0 Å². The Morgan fingerprint density at radius 1 is 1.25 bits per heavy atom. The van der Waals surface area contributed by atoms with Crippen LogP contribution < -0.4 is 5.32 Å². The van der Waals surface area contributed by atoms with Gasteiger partial charge in [0, 0.05) is 17.6 Å². The van der Waals surface area contributed by atoms with Crippen molar-refractivity contribution >= 4 is 23.3 Å². The minimum Gasteiger partial charge on any atom is -0.462 e. The van der Waals surface area contributed by atoms with Crippen LogP contribution in [0.2, 0.25) is 5.02 Å². The number of carbonyl (C=O) groups is 1. The highest BCUT2D eigenvalue weighted by molar-refractivity contribution is 6.30. The van der Waals surface area contributed by atoms with Gasteiger partial charge in [0.05, 0.1) is 5.71 Å². The second-order valence-electron chi connectivity index (χ2n) is 5.97. The number of carbonyl (C=O) groups excluding carboxylic acids is 1. The summed E-state index contributed by atoms with van der Waals surface area (Å²) in [6.07, 6.45) is 6.35. The molecule has 1 saturated carbocycles. The lowest BCUT2D eigenvalue weighted by atomic mass is 9.96. The van der Waals surface area contributed by atoms with E-state index in [-0.39, 0.29) is 6.61 Å². The minimum atomic E-state index is -0.409. The molecule has 1 aliphatic rings. The van der Waals surface area contributed by atoms with Gasteiger partial charge in [0.15, 0.2) is 0 Å². The molecule has 1 aliphatic carbocycles. The quantitative estimate of drug-likeness (QED) is 0.336. The molecular formula is C18H25ClN2O3. The van der Waals surface area contributed by atoms with E-state index in [2.05, 4.69) is 10.5 Å².